The molecule has 0 amide bonds. The van der Waals surface area contributed by atoms with Crippen molar-refractivity contribution in [2.75, 3.05) is 18.5 Å². The Bertz CT molecular complexity index is 2250. The summed E-state index contributed by atoms with van der Waals surface area (Å²) in [7, 11) is -1.73. The largest absolute Gasteiger partial charge is 0.497 e. The van der Waals surface area contributed by atoms with Gasteiger partial charge in [-0.1, -0.05) is 52.7 Å². The van der Waals surface area contributed by atoms with Gasteiger partial charge in [-0.15, -0.1) is 10.2 Å². The topological polar surface area (TPSA) is 117 Å². The number of sulfonamides is 1. The van der Waals surface area contributed by atoms with Crippen LogP contribution < -0.4 is 18.5 Å². The molecule has 0 fully saturated rings. The molecule has 4 aromatic carbocycles. The van der Waals surface area contributed by atoms with Gasteiger partial charge >= 0.3 is 0 Å². The molecule has 0 unspecified atom stereocenters. The zero-order valence-electron chi connectivity index (χ0n) is 25.5. The number of rotatable bonds is 11. The summed E-state index contributed by atoms with van der Waals surface area (Å²) in [6, 6.07) is 17.4. The lowest BCUT2D eigenvalue weighted by Crippen LogP contribution is -2.31. The molecule has 6 rings (SSSR count). The zero-order valence-corrected chi connectivity index (χ0v) is 28.6. The molecule has 16 heteroatoms. The van der Waals surface area contributed by atoms with Crippen LogP contribution in [-0.2, 0) is 16.6 Å². The summed E-state index contributed by atoms with van der Waals surface area (Å²) in [6.07, 6.45) is 2.91. The Morgan fingerprint density at radius 1 is 0.796 bits per heavy atom. The molecule has 2 aromatic heterocycles. The normalized spacial score (nSPS) is 11.3. The molecule has 0 saturated carbocycles. The van der Waals surface area contributed by atoms with Gasteiger partial charge in [-0.3, -0.25) is 0 Å². The maximum atomic E-state index is 16.0. The fourth-order valence-corrected chi connectivity index (χ4v) is 7.67. The highest BCUT2D eigenvalue weighted by molar-refractivity contribution is 7.93. The molecular formula is C33H23Cl2F2N5O5S2. The van der Waals surface area contributed by atoms with Crippen LogP contribution >= 0.6 is 34.5 Å². The number of nitrogens with zero attached hydrogens (tertiary/aromatic N) is 5. The molecule has 0 N–H and O–H groups in total. The number of hydrogen-bond acceptors (Lipinski definition) is 10. The Balaban J connectivity index is 1.42. The lowest BCUT2D eigenvalue weighted by Gasteiger charge is -2.23. The molecule has 49 heavy (non-hydrogen) atoms. The first-order valence-corrected chi connectivity index (χ1v) is 17.2. The van der Waals surface area contributed by atoms with Crippen LogP contribution in [0.1, 0.15) is 5.56 Å². The van der Waals surface area contributed by atoms with Crippen molar-refractivity contribution in [3.8, 4) is 45.3 Å². The minimum atomic E-state index is -4.64. The lowest BCUT2D eigenvalue weighted by atomic mass is 9.99. The van der Waals surface area contributed by atoms with Gasteiger partial charge in [0.1, 0.15) is 45.0 Å². The third kappa shape index (κ3) is 6.99. The highest BCUT2D eigenvalue weighted by Gasteiger charge is 2.32. The lowest BCUT2D eigenvalue weighted by molar-refractivity contribution is 0.391. The van der Waals surface area contributed by atoms with Gasteiger partial charge < -0.3 is 14.2 Å². The van der Waals surface area contributed by atoms with Crippen molar-refractivity contribution in [1.29, 1.82) is 0 Å². The first kappa shape index (κ1) is 34.0. The van der Waals surface area contributed by atoms with Crippen molar-refractivity contribution in [2.24, 2.45) is 0 Å². The summed E-state index contributed by atoms with van der Waals surface area (Å²) in [5.41, 5.74) is 3.22. The number of halogens is 4. The Labute approximate surface area is 293 Å². The minimum absolute atomic E-state index is 0.0221. The fraction of sp³-hybridized carbons (Fsp3) is 0.0909. The van der Waals surface area contributed by atoms with Crippen molar-refractivity contribution in [3.05, 3.63) is 118 Å². The number of ether oxygens (including phenoxy) is 3. The van der Waals surface area contributed by atoms with Crippen LogP contribution in [0.3, 0.4) is 0 Å². The van der Waals surface area contributed by atoms with E-state index in [2.05, 4.69) is 20.4 Å². The average Bonchev–Trinajstić information content (AvgIpc) is 3.64. The van der Waals surface area contributed by atoms with E-state index in [4.69, 9.17) is 37.4 Å². The van der Waals surface area contributed by atoms with Gasteiger partial charge in [-0.2, -0.15) is 10.2 Å². The van der Waals surface area contributed by atoms with E-state index >= 15 is 4.39 Å². The van der Waals surface area contributed by atoms with Crippen molar-refractivity contribution < 1.29 is 31.4 Å². The van der Waals surface area contributed by atoms with Gasteiger partial charge in [-0.25, -0.2) is 21.5 Å². The molecule has 10 nitrogen and oxygen atoms in total. The Kier molecular flexibility index (Phi) is 9.92. The van der Waals surface area contributed by atoms with Gasteiger partial charge in [0.2, 0.25) is 5.13 Å². The summed E-state index contributed by atoms with van der Waals surface area (Å²) in [5, 5.41) is 15.3. The first-order chi connectivity index (χ1) is 23.6. The zero-order chi connectivity index (χ0) is 34.7. The number of aromatic nitrogens is 4. The first-order valence-electron chi connectivity index (χ1n) is 14.1. The van der Waals surface area contributed by atoms with Crippen molar-refractivity contribution >= 4 is 49.7 Å². The summed E-state index contributed by atoms with van der Waals surface area (Å²) in [4.78, 5) is -0.741. The summed E-state index contributed by atoms with van der Waals surface area (Å²) >= 11 is 14.2. The van der Waals surface area contributed by atoms with Crippen LogP contribution in [0.5, 0.6) is 23.0 Å². The Morgan fingerprint density at radius 3 is 2.31 bits per heavy atom. The molecule has 0 radical (unpaired) electrons. The number of methoxy groups -OCH3 is 2. The van der Waals surface area contributed by atoms with Gasteiger partial charge in [0.15, 0.2) is 0 Å². The molecule has 2 heterocycles. The standard InChI is InChI=1S/C33H23Cl2F2N5O5S2/c1-45-21-8-7-20(29(11-21)46-2)17-42(33-41-40-18-48-33)49(43,44)32-14-26(35)31(15-28(32)37)47-30-13-24(22-5-3-4-6-27(22)36)25(34)12-23(30)19-9-10-38-39-16-19/h3-16,18H,17H2,1-2H3. The molecule has 0 bridgehead atoms. The highest BCUT2D eigenvalue weighted by Crippen LogP contribution is 2.44. The van der Waals surface area contributed by atoms with E-state index in [1.54, 1.807) is 48.5 Å². The van der Waals surface area contributed by atoms with E-state index in [0.717, 1.165) is 27.8 Å². The van der Waals surface area contributed by atoms with Crippen LogP contribution in [0.15, 0.2) is 95.6 Å². The molecule has 0 aliphatic heterocycles. The van der Waals surface area contributed by atoms with Gasteiger partial charge in [0.05, 0.1) is 38.2 Å². The molecule has 0 spiro atoms. The smallest absolute Gasteiger partial charge is 0.269 e. The molecule has 6 aromatic rings. The van der Waals surface area contributed by atoms with Crippen LogP contribution in [0, 0.1) is 11.6 Å². The van der Waals surface area contributed by atoms with E-state index < -0.39 is 26.6 Å². The third-order valence-electron chi connectivity index (χ3n) is 7.27. The van der Waals surface area contributed by atoms with Crippen LogP contribution in [0.25, 0.3) is 22.3 Å². The van der Waals surface area contributed by atoms with Gasteiger partial charge in [0.25, 0.3) is 10.0 Å². The molecule has 0 aliphatic rings. The average molecular weight is 743 g/mol. The predicted molar refractivity (Wildman–Crippen MR) is 182 cm³/mol. The van der Waals surface area contributed by atoms with E-state index in [9.17, 15) is 12.8 Å². The number of hydrogen-bond donors (Lipinski definition) is 0. The second-order valence-corrected chi connectivity index (χ2v) is 13.6. The molecule has 0 aliphatic carbocycles. The summed E-state index contributed by atoms with van der Waals surface area (Å²) in [6.45, 7) is -0.285. The van der Waals surface area contributed by atoms with E-state index in [0.29, 0.717) is 28.2 Å². The van der Waals surface area contributed by atoms with Gasteiger partial charge in [0, 0.05) is 45.0 Å². The summed E-state index contributed by atoms with van der Waals surface area (Å²) in [5.74, 6) is -0.976. The maximum Gasteiger partial charge on any atom is 0.269 e. The van der Waals surface area contributed by atoms with E-state index in [-0.39, 0.29) is 44.3 Å². The SMILES string of the molecule is COc1ccc(CN(c2nncs2)S(=O)(=O)c2cc(Cl)c(Oc3cc(-c4ccccc4F)c(Cl)cc3-c3ccnnc3)cc2F)c(OC)c1. The monoisotopic (exact) mass is 741 g/mol. The second kappa shape index (κ2) is 14.3. The fourth-order valence-electron chi connectivity index (χ4n) is 4.89. The number of anilines is 1. The molecule has 0 atom stereocenters. The van der Waals surface area contributed by atoms with Gasteiger partial charge in [-0.05, 0) is 42.5 Å². The van der Waals surface area contributed by atoms with E-state index in [1.807, 2.05) is 0 Å². The van der Waals surface area contributed by atoms with Crippen LogP contribution in [-0.4, -0.2) is 43.0 Å². The second-order valence-electron chi connectivity index (χ2n) is 10.2. The predicted octanol–water partition coefficient (Wildman–Crippen LogP) is 8.45. The quantitative estimate of drug-likeness (QED) is 0.129. The van der Waals surface area contributed by atoms with Crippen molar-refractivity contribution in [2.45, 2.75) is 11.4 Å². The molecule has 250 valence electrons. The number of benzene rings is 4. The minimum Gasteiger partial charge on any atom is -0.497 e. The van der Waals surface area contributed by atoms with Crippen LogP contribution in [0.4, 0.5) is 13.9 Å². The summed E-state index contributed by atoms with van der Waals surface area (Å²) < 4.78 is 76.7. The highest BCUT2D eigenvalue weighted by atomic mass is 35.5. The Morgan fingerprint density at radius 2 is 1.61 bits per heavy atom. The van der Waals surface area contributed by atoms with E-state index in [1.165, 1.54) is 44.3 Å². The molecular weight excluding hydrogens is 719 g/mol. The van der Waals surface area contributed by atoms with Crippen LogP contribution in [0.2, 0.25) is 10.0 Å². The maximum absolute atomic E-state index is 16.0. The molecule has 0 saturated heterocycles. The van der Waals surface area contributed by atoms with Crippen molar-refractivity contribution in [1.82, 2.24) is 20.4 Å². The van der Waals surface area contributed by atoms with Crippen molar-refractivity contribution in [3.63, 3.8) is 0 Å². The third-order valence-corrected chi connectivity index (χ3v) is 10.5. The Hall–Kier alpha value is -4.89.